The second-order valence-corrected chi connectivity index (χ2v) is 17.8. The van der Waals surface area contributed by atoms with Crippen molar-refractivity contribution in [3.8, 4) is 11.5 Å². The van der Waals surface area contributed by atoms with Gasteiger partial charge in [-0.15, -0.1) is 0 Å². The highest BCUT2D eigenvalue weighted by molar-refractivity contribution is 5.93. The van der Waals surface area contributed by atoms with E-state index < -0.39 is 66.1 Å². The monoisotopic (exact) mass is 879 g/mol. The van der Waals surface area contributed by atoms with E-state index in [2.05, 4.69) is 26.3 Å². The molecule has 342 valence electrons. The fourth-order valence-electron chi connectivity index (χ4n) is 9.79. The highest BCUT2D eigenvalue weighted by Gasteiger charge is 2.43. The highest BCUT2D eigenvalue weighted by atomic mass is 19.1. The molecule has 0 spiro atoms. The molecule has 0 bridgehead atoms. The number of fused-ring (bicyclic) bond motifs is 2. The van der Waals surface area contributed by atoms with Gasteiger partial charge in [-0.2, -0.15) is 0 Å². The van der Waals surface area contributed by atoms with E-state index in [4.69, 9.17) is 4.98 Å². The molecule has 2 aromatic carbocycles. The van der Waals surface area contributed by atoms with Crippen molar-refractivity contribution in [3.05, 3.63) is 53.6 Å². The van der Waals surface area contributed by atoms with E-state index in [1.165, 1.54) is 34.1 Å². The van der Waals surface area contributed by atoms with Gasteiger partial charge in [-0.05, 0) is 95.4 Å². The molecule has 5 N–H and O–H groups in total. The number of carbonyl (C=O) groups excluding carboxylic acids is 4. The molecule has 4 heterocycles. The van der Waals surface area contributed by atoms with Crippen LogP contribution in [0.15, 0.2) is 36.4 Å². The Kier molecular flexibility index (Phi) is 14.4. The Labute approximate surface area is 365 Å². The summed E-state index contributed by atoms with van der Waals surface area (Å²) >= 11 is 0. The van der Waals surface area contributed by atoms with E-state index in [9.17, 15) is 28.0 Å². The van der Waals surface area contributed by atoms with Crippen molar-refractivity contribution in [2.45, 2.75) is 140 Å². The molecule has 2 aromatic heterocycles. The number of likely N-dealkylation sites (N-methyl/N-ethyl adjacent to an activating group) is 2. The molecule has 2 aliphatic heterocycles. The van der Waals surface area contributed by atoms with E-state index in [0.717, 1.165) is 32.1 Å². The van der Waals surface area contributed by atoms with Crippen LogP contribution in [0.25, 0.3) is 33.5 Å². The predicted molar refractivity (Wildman–Crippen MR) is 233 cm³/mol. The number of imidazole rings is 1. The van der Waals surface area contributed by atoms with E-state index in [1.807, 2.05) is 11.5 Å². The summed E-state index contributed by atoms with van der Waals surface area (Å²) in [7, 11) is 3.31. The van der Waals surface area contributed by atoms with Crippen molar-refractivity contribution in [3.63, 3.8) is 0 Å². The normalized spacial score (nSPS) is 22.7. The molecule has 1 aliphatic carbocycles. The molecule has 7 rings (SSSR count). The Morgan fingerprint density at radius 2 is 1.44 bits per heavy atom. The Balaban J connectivity index is 1.27. The second kappa shape index (κ2) is 19.8. The molecule has 0 radical (unpaired) electrons. The van der Waals surface area contributed by atoms with Crippen molar-refractivity contribution in [2.75, 3.05) is 27.2 Å². The Hall–Kier alpha value is -5.03. The van der Waals surface area contributed by atoms with Gasteiger partial charge >= 0.3 is 0 Å². The van der Waals surface area contributed by atoms with E-state index in [0.29, 0.717) is 46.3 Å². The minimum absolute atomic E-state index is 0.00860. The number of rotatable bonds is 16. The first-order valence-corrected chi connectivity index (χ1v) is 22.5. The molecular formula is C46H61F4N9O4. The third kappa shape index (κ3) is 9.88. The zero-order chi connectivity index (χ0) is 45.1. The van der Waals surface area contributed by atoms with Gasteiger partial charge in [0.25, 0.3) is 0 Å². The van der Waals surface area contributed by atoms with Crippen LogP contribution >= 0.6 is 0 Å². The number of carbonyl (C=O) groups is 4. The lowest BCUT2D eigenvalue weighted by Gasteiger charge is -2.35. The number of halogens is 4. The van der Waals surface area contributed by atoms with Crippen LogP contribution in [0.5, 0.6) is 0 Å². The summed E-state index contributed by atoms with van der Waals surface area (Å²) in [4.78, 5) is 66.3. The van der Waals surface area contributed by atoms with Crippen LogP contribution in [-0.2, 0) is 32.1 Å². The van der Waals surface area contributed by atoms with Crippen LogP contribution in [0.2, 0.25) is 0 Å². The van der Waals surface area contributed by atoms with Gasteiger partial charge in [-0.3, -0.25) is 19.2 Å². The lowest BCUT2D eigenvalue weighted by molar-refractivity contribution is -0.139. The molecule has 3 fully saturated rings. The third-order valence-corrected chi connectivity index (χ3v) is 13.5. The van der Waals surface area contributed by atoms with Crippen molar-refractivity contribution in [1.29, 1.82) is 0 Å². The second-order valence-electron chi connectivity index (χ2n) is 17.8. The summed E-state index contributed by atoms with van der Waals surface area (Å²) in [5, 5.41) is 12.3. The van der Waals surface area contributed by atoms with Gasteiger partial charge in [-0.25, -0.2) is 22.5 Å². The predicted octanol–water partition coefficient (Wildman–Crippen LogP) is 5.45. The largest absolute Gasteiger partial charge is 0.352 e. The average Bonchev–Trinajstić information content (AvgIpc) is 4.03. The maximum Gasteiger partial charge on any atom is 0.245 e. The SMILES string of the molecule is CCC[C@H](NC(=O)[C@H](C)NC)C(=O)N1C[C@@H](F)C[C@H]1Cc1c(-c2nc3cc(F)ccc3n2C[C@@H]2C[C@H](F)CN2C(=O)[C@@H](NC(=O)[C@H](C)NC)C2CCCCC2)[nH]c2cc(F)ccc12. The average molecular weight is 880 g/mol. The molecule has 4 amide bonds. The number of H-pyrrole nitrogens is 1. The first-order chi connectivity index (χ1) is 30.2. The Morgan fingerprint density at radius 1 is 0.825 bits per heavy atom. The molecule has 8 atom stereocenters. The van der Waals surface area contributed by atoms with Gasteiger partial charge in [0.15, 0.2) is 5.82 Å². The number of hydrogen-bond acceptors (Lipinski definition) is 7. The standard InChI is InChI=1S/C46H61F4N9O4/c1-6-10-36(55-43(60)25(2)51-4)45(62)57-22-30(49)17-32(57)21-35-34-15-13-28(47)19-37(34)53-41(35)42-54-38-20-29(48)14-16-39(38)59(42)24-33-18-31(50)23-58(33)46(63)40(27-11-8-7-9-12-27)56-44(61)26(3)52-5/h13-16,19-20,25-27,30-33,36,40,51-53H,6-12,17-18,21-24H2,1-5H3,(H,55,60)(H,56,61)/t25-,26-,30-,31-,32-,33-,36-,40-/m0/s1. The zero-order valence-electron chi connectivity index (χ0n) is 36.8. The lowest BCUT2D eigenvalue weighted by atomic mass is 9.83. The smallest absolute Gasteiger partial charge is 0.245 e. The number of nitrogens with one attached hydrogen (secondary N) is 5. The lowest BCUT2D eigenvalue weighted by Crippen LogP contribution is -2.57. The maximum atomic E-state index is 15.7. The molecular weight excluding hydrogens is 819 g/mol. The molecule has 0 unspecified atom stereocenters. The van der Waals surface area contributed by atoms with Crippen molar-refractivity contribution >= 4 is 45.6 Å². The van der Waals surface area contributed by atoms with E-state index in [1.54, 1.807) is 40.1 Å². The van der Waals surface area contributed by atoms with Crippen molar-refractivity contribution in [1.82, 2.24) is 45.6 Å². The molecule has 2 saturated heterocycles. The summed E-state index contributed by atoms with van der Waals surface area (Å²) in [6.07, 6.45) is 2.79. The topological polar surface area (TPSA) is 156 Å². The van der Waals surface area contributed by atoms with Crippen LogP contribution in [0.4, 0.5) is 17.6 Å². The van der Waals surface area contributed by atoms with E-state index in [-0.39, 0.29) is 68.1 Å². The number of likely N-dealkylation sites (tertiary alicyclic amines) is 2. The van der Waals surface area contributed by atoms with Gasteiger partial charge in [-0.1, -0.05) is 32.6 Å². The number of amides is 4. The molecule has 1 saturated carbocycles. The summed E-state index contributed by atoms with van der Waals surface area (Å²) in [5.41, 5.74) is 2.24. The molecule has 17 heteroatoms. The first-order valence-electron chi connectivity index (χ1n) is 22.5. The van der Waals surface area contributed by atoms with Crippen LogP contribution in [0.3, 0.4) is 0 Å². The fourth-order valence-corrected chi connectivity index (χ4v) is 9.79. The fraction of sp³-hybridized carbons (Fsp3) is 0.587. The van der Waals surface area contributed by atoms with Crippen LogP contribution in [0.1, 0.15) is 84.1 Å². The van der Waals surface area contributed by atoms with Gasteiger partial charge in [0.05, 0.1) is 47.9 Å². The van der Waals surface area contributed by atoms with Gasteiger partial charge < -0.3 is 40.6 Å². The summed E-state index contributed by atoms with van der Waals surface area (Å²) in [6.45, 7) is 5.01. The van der Waals surface area contributed by atoms with Crippen molar-refractivity contribution in [2.24, 2.45) is 5.92 Å². The van der Waals surface area contributed by atoms with Gasteiger partial charge in [0.1, 0.15) is 36.1 Å². The van der Waals surface area contributed by atoms with Gasteiger partial charge in [0, 0.05) is 42.4 Å². The third-order valence-electron chi connectivity index (χ3n) is 13.5. The molecule has 4 aromatic rings. The zero-order valence-corrected chi connectivity index (χ0v) is 36.8. The first kappa shape index (κ1) is 46.0. The summed E-state index contributed by atoms with van der Waals surface area (Å²) < 4.78 is 62.8. The molecule has 63 heavy (non-hydrogen) atoms. The van der Waals surface area contributed by atoms with Crippen molar-refractivity contribution < 1.29 is 36.7 Å². The highest BCUT2D eigenvalue weighted by Crippen LogP contribution is 2.38. The quantitative estimate of drug-likeness (QED) is 0.0939. The summed E-state index contributed by atoms with van der Waals surface area (Å²) in [6, 6.07) is 4.23. The van der Waals surface area contributed by atoms with Crippen LogP contribution in [0, 0.1) is 17.6 Å². The Bertz CT molecular complexity index is 2300. The van der Waals surface area contributed by atoms with Crippen LogP contribution in [-0.4, -0.2) is 124 Å². The number of aromatic nitrogens is 3. The number of benzene rings is 2. The molecule has 3 aliphatic rings. The number of hydrogen-bond donors (Lipinski definition) is 5. The Morgan fingerprint density at radius 3 is 2.11 bits per heavy atom. The minimum atomic E-state index is -1.34. The summed E-state index contributed by atoms with van der Waals surface area (Å²) in [5.74, 6) is -2.28. The van der Waals surface area contributed by atoms with Gasteiger partial charge in [0.2, 0.25) is 23.6 Å². The minimum Gasteiger partial charge on any atom is -0.352 e. The van der Waals surface area contributed by atoms with E-state index >= 15 is 8.78 Å². The molecule has 13 nitrogen and oxygen atoms in total. The van der Waals surface area contributed by atoms with Crippen LogP contribution < -0.4 is 21.3 Å². The maximum absolute atomic E-state index is 15.7. The number of alkyl halides is 2. The number of nitrogens with zero attached hydrogens (tertiary/aromatic N) is 4. The number of aromatic amines is 1.